The van der Waals surface area contributed by atoms with Gasteiger partial charge in [-0.25, -0.2) is 0 Å². The molecule has 0 aromatic rings. The molecule has 0 aromatic heterocycles. The summed E-state index contributed by atoms with van der Waals surface area (Å²) in [7, 11) is 0. The van der Waals surface area contributed by atoms with Crippen LogP contribution in [0.15, 0.2) is 0 Å². The lowest BCUT2D eigenvalue weighted by Gasteiger charge is -2.32. The summed E-state index contributed by atoms with van der Waals surface area (Å²) in [5, 5.41) is 3.56. The quantitative estimate of drug-likeness (QED) is 0.703. The molecule has 0 aliphatic heterocycles. The number of hydrogen-bond acceptors (Lipinski definition) is 2. The van der Waals surface area contributed by atoms with Crippen molar-refractivity contribution in [3.05, 3.63) is 0 Å². The molecule has 0 heterocycles. The molecule has 16 heavy (non-hydrogen) atoms. The van der Waals surface area contributed by atoms with E-state index >= 15 is 0 Å². The first-order chi connectivity index (χ1) is 7.17. The Labute approximate surface area is 102 Å². The highest BCUT2D eigenvalue weighted by atomic mass is 16.5. The predicted molar refractivity (Wildman–Crippen MR) is 71.9 cm³/mol. The maximum atomic E-state index is 5.74. The summed E-state index contributed by atoms with van der Waals surface area (Å²) < 4.78 is 5.74. The molecule has 0 aromatic carbocycles. The van der Waals surface area contributed by atoms with Crippen molar-refractivity contribution in [3.8, 4) is 0 Å². The Morgan fingerprint density at radius 1 is 1.06 bits per heavy atom. The molecular weight excluding hydrogens is 198 g/mol. The van der Waals surface area contributed by atoms with Crippen LogP contribution in [-0.2, 0) is 4.74 Å². The summed E-state index contributed by atoms with van der Waals surface area (Å²) >= 11 is 0. The highest BCUT2D eigenvalue weighted by molar-refractivity contribution is 4.79. The first kappa shape index (κ1) is 15.9. The third kappa shape index (κ3) is 8.12. The molecule has 0 saturated carbocycles. The van der Waals surface area contributed by atoms with Crippen LogP contribution in [0.4, 0.5) is 0 Å². The standard InChI is InChI=1S/C14H31NO/c1-8-15-12(13(2,3)4)10-9-11-16-14(5,6)7/h12,15H,8-11H2,1-7H3. The van der Waals surface area contributed by atoms with Crippen molar-refractivity contribution >= 4 is 0 Å². The number of rotatable bonds is 6. The minimum atomic E-state index is -0.00455. The lowest BCUT2D eigenvalue weighted by atomic mass is 9.84. The van der Waals surface area contributed by atoms with Gasteiger partial charge in [0, 0.05) is 12.6 Å². The van der Waals surface area contributed by atoms with Crippen LogP contribution in [0.1, 0.15) is 61.3 Å². The summed E-state index contributed by atoms with van der Waals surface area (Å²) in [5.41, 5.74) is 0.327. The zero-order chi connectivity index (χ0) is 12.8. The van der Waals surface area contributed by atoms with Crippen LogP contribution in [-0.4, -0.2) is 24.8 Å². The molecule has 0 radical (unpaired) electrons. The van der Waals surface area contributed by atoms with Gasteiger partial charge in [0.1, 0.15) is 0 Å². The van der Waals surface area contributed by atoms with Gasteiger partial charge in [0.05, 0.1) is 5.60 Å². The molecule has 0 rings (SSSR count). The van der Waals surface area contributed by atoms with Gasteiger partial charge in [-0.3, -0.25) is 0 Å². The molecule has 2 heteroatoms. The number of ether oxygens (including phenoxy) is 1. The highest BCUT2D eigenvalue weighted by Gasteiger charge is 2.23. The SMILES string of the molecule is CCNC(CCCOC(C)(C)C)C(C)(C)C. The second kappa shape index (κ2) is 6.61. The second-order valence-electron chi connectivity index (χ2n) is 6.58. The normalized spacial score (nSPS) is 15.2. The van der Waals surface area contributed by atoms with Crippen molar-refractivity contribution < 1.29 is 4.74 Å². The van der Waals surface area contributed by atoms with E-state index in [0.29, 0.717) is 11.5 Å². The predicted octanol–water partition coefficient (Wildman–Crippen LogP) is 3.61. The fourth-order valence-electron chi connectivity index (χ4n) is 1.75. The zero-order valence-electron chi connectivity index (χ0n) is 12.3. The van der Waals surface area contributed by atoms with E-state index in [-0.39, 0.29) is 5.60 Å². The molecule has 98 valence electrons. The van der Waals surface area contributed by atoms with E-state index < -0.39 is 0 Å². The van der Waals surface area contributed by atoms with Crippen molar-refractivity contribution in [2.24, 2.45) is 5.41 Å². The van der Waals surface area contributed by atoms with Crippen LogP contribution < -0.4 is 5.32 Å². The van der Waals surface area contributed by atoms with Gasteiger partial charge in [0.25, 0.3) is 0 Å². The summed E-state index contributed by atoms with van der Waals surface area (Å²) in [6.07, 6.45) is 2.32. The van der Waals surface area contributed by atoms with Crippen LogP contribution in [0.3, 0.4) is 0 Å². The molecule has 0 amide bonds. The Bertz CT molecular complexity index is 176. The van der Waals surface area contributed by atoms with Crippen LogP contribution in [0.2, 0.25) is 0 Å². The third-order valence-electron chi connectivity index (χ3n) is 2.67. The summed E-state index contributed by atoms with van der Waals surface area (Å²) in [4.78, 5) is 0. The van der Waals surface area contributed by atoms with E-state index in [1.165, 1.54) is 6.42 Å². The molecule has 0 aliphatic rings. The van der Waals surface area contributed by atoms with E-state index in [1.54, 1.807) is 0 Å². The molecule has 0 bridgehead atoms. The minimum absolute atomic E-state index is 0.00455. The van der Waals surface area contributed by atoms with Gasteiger partial charge in [0.15, 0.2) is 0 Å². The van der Waals surface area contributed by atoms with Crippen LogP contribution in [0.5, 0.6) is 0 Å². The highest BCUT2D eigenvalue weighted by Crippen LogP contribution is 2.23. The van der Waals surface area contributed by atoms with Gasteiger partial charge in [-0.2, -0.15) is 0 Å². The van der Waals surface area contributed by atoms with Gasteiger partial charge in [-0.05, 0) is 45.6 Å². The second-order valence-corrected chi connectivity index (χ2v) is 6.58. The fourth-order valence-corrected chi connectivity index (χ4v) is 1.75. The van der Waals surface area contributed by atoms with Gasteiger partial charge >= 0.3 is 0 Å². The fraction of sp³-hybridized carbons (Fsp3) is 1.00. The van der Waals surface area contributed by atoms with Gasteiger partial charge in [-0.1, -0.05) is 27.7 Å². The summed E-state index contributed by atoms with van der Waals surface area (Å²) in [6.45, 7) is 17.3. The van der Waals surface area contributed by atoms with Gasteiger partial charge < -0.3 is 10.1 Å². The summed E-state index contributed by atoms with van der Waals surface area (Å²) in [6, 6.07) is 0.584. The lowest BCUT2D eigenvalue weighted by Crippen LogP contribution is -2.40. The molecule has 0 spiro atoms. The van der Waals surface area contributed by atoms with Gasteiger partial charge in [-0.15, -0.1) is 0 Å². The number of nitrogens with one attached hydrogen (secondary N) is 1. The van der Waals surface area contributed by atoms with Crippen LogP contribution in [0, 0.1) is 5.41 Å². The van der Waals surface area contributed by atoms with E-state index in [4.69, 9.17) is 4.74 Å². The Balaban J connectivity index is 3.86. The molecule has 1 N–H and O–H groups in total. The van der Waals surface area contributed by atoms with Crippen molar-refractivity contribution in [3.63, 3.8) is 0 Å². The first-order valence-corrected chi connectivity index (χ1v) is 6.54. The number of hydrogen-bond donors (Lipinski definition) is 1. The Hall–Kier alpha value is -0.0800. The van der Waals surface area contributed by atoms with E-state index in [2.05, 4.69) is 53.8 Å². The van der Waals surface area contributed by atoms with E-state index in [0.717, 1.165) is 19.6 Å². The average molecular weight is 229 g/mol. The first-order valence-electron chi connectivity index (χ1n) is 6.54. The third-order valence-corrected chi connectivity index (χ3v) is 2.67. The van der Waals surface area contributed by atoms with E-state index in [1.807, 2.05) is 0 Å². The van der Waals surface area contributed by atoms with Crippen LogP contribution >= 0.6 is 0 Å². The van der Waals surface area contributed by atoms with Crippen LogP contribution in [0.25, 0.3) is 0 Å². The minimum Gasteiger partial charge on any atom is -0.376 e. The Morgan fingerprint density at radius 2 is 1.62 bits per heavy atom. The van der Waals surface area contributed by atoms with Crippen molar-refractivity contribution in [1.82, 2.24) is 5.32 Å². The largest absolute Gasteiger partial charge is 0.376 e. The van der Waals surface area contributed by atoms with E-state index in [9.17, 15) is 0 Å². The van der Waals surface area contributed by atoms with Crippen molar-refractivity contribution in [1.29, 1.82) is 0 Å². The van der Waals surface area contributed by atoms with Gasteiger partial charge in [0.2, 0.25) is 0 Å². The molecular formula is C14H31NO. The lowest BCUT2D eigenvalue weighted by molar-refractivity contribution is -0.00647. The molecule has 0 aliphatic carbocycles. The Kier molecular flexibility index (Phi) is 6.57. The topological polar surface area (TPSA) is 21.3 Å². The molecule has 2 nitrogen and oxygen atoms in total. The molecule has 1 atom stereocenters. The maximum Gasteiger partial charge on any atom is 0.0598 e. The van der Waals surface area contributed by atoms with Crippen molar-refractivity contribution in [2.45, 2.75) is 73.0 Å². The monoisotopic (exact) mass is 229 g/mol. The smallest absolute Gasteiger partial charge is 0.0598 e. The Morgan fingerprint density at radius 3 is 2.00 bits per heavy atom. The summed E-state index contributed by atoms with van der Waals surface area (Å²) in [5.74, 6) is 0. The molecule has 0 saturated heterocycles. The van der Waals surface area contributed by atoms with Crippen molar-refractivity contribution in [2.75, 3.05) is 13.2 Å². The molecule has 1 unspecified atom stereocenters. The average Bonchev–Trinajstić information content (AvgIpc) is 2.06. The molecule has 0 fully saturated rings. The zero-order valence-corrected chi connectivity index (χ0v) is 12.3. The maximum absolute atomic E-state index is 5.74.